The highest BCUT2D eigenvalue weighted by Gasteiger charge is 2.35. The number of hydrogen-bond donors (Lipinski definition) is 1. The molecule has 0 aliphatic carbocycles. The summed E-state index contributed by atoms with van der Waals surface area (Å²) in [6.45, 7) is 2.63. The average Bonchev–Trinajstić information content (AvgIpc) is 2.75. The van der Waals surface area contributed by atoms with Crippen LogP contribution in [0.4, 0.5) is 5.69 Å². The molecule has 0 radical (unpaired) electrons. The van der Waals surface area contributed by atoms with Gasteiger partial charge in [-0.1, -0.05) is 30.3 Å². The van der Waals surface area contributed by atoms with Crippen molar-refractivity contribution in [2.45, 2.75) is 31.3 Å². The number of para-hydroxylation sites is 1. The SMILES string of the molecule is COc1ccc(C2(O)CCN(CC(=O)N3CCCc4ccccc43)CC2)cc1. The van der Waals surface area contributed by atoms with Gasteiger partial charge in [0.25, 0.3) is 0 Å². The van der Waals surface area contributed by atoms with E-state index in [-0.39, 0.29) is 5.91 Å². The maximum Gasteiger partial charge on any atom is 0.241 e. The van der Waals surface area contributed by atoms with Crippen LogP contribution in [0.3, 0.4) is 0 Å². The number of nitrogens with zero attached hydrogens (tertiary/aromatic N) is 2. The molecule has 1 N–H and O–H groups in total. The summed E-state index contributed by atoms with van der Waals surface area (Å²) >= 11 is 0. The van der Waals surface area contributed by atoms with Crippen LogP contribution in [0, 0.1) is 0 Å². The molecule has 1 fully saturated rings. The molecule has 0 spiro atoms. The molecule has 0 aromatic heterocycles. The van der Waals surface area contributed by atoms with Gasteiger partial charge >= 0.3 is 0 Å². The van der Waals surface area contributed by atoms with Gasteiger partial charge < -0.3 is 14.7 Å². The van der Waals surface area contributed by atoms with Gasteiger partial charge in [0.1, 0.15) is 5.75 Å². The molecule has 148 valence electrons. The minimum absolute atomic E-state index is 0.155. The number of carbonyl (C=O) groups excluding carboxylic acids is 1. The summed E-state index contributed by atoms with van der Waals surface area (Å²) in [5, 5.41) is 11.1. The molecular formula is C23H28N2O3. The van der Waals surface area contributed by atoms with Crippen molar-refractivity contribution >= 4 is 11.6 Å². The third-order valence-electron chi connectivity index (χ3n) is 6.08. The van der Waals surface area contributed by atoms with E-state index in [0.717, 1.165) is 36.4 Å². The molecule has 5 nitrogen and oxygen atoms in total. The smallest absolute Gasteiger partial charge is 0.241 e. The number of hydrogen-bond acceptors (Lipinski definition) is 4. The molecule has 2 heterocycles. The number of aryl methyl sites for hydroxylation is 1. The molecule has 0 bridgehead atoms. The summed E-state index contributed by atoms with van der Waals surface area (Å²) in [6, 6.07) is 15.8. The Morgan fingerprint density at radius 2 is 1.79 bits per heavy atom. The van der Waals surface area contributed by atoms with Crippen molar-refractivity contribution in [1.82, 2.24) is 4.90 Å². The number of aliphatic hydroxyl groups is 1. The molecule has 0 atom stereocenters. The third-order valence-corrected chi connectivity index (χ3v) is 6.08. The number of piperidine rings is 1. The lowest BCUT2D eigenvalue weighted by atomic mass is 9.84. The minimum atomic E-state index is -0.830. The molecule has 0 saturated carbocycles. The van der Waals surface area contributed by atoms with Crippen molar-refractivity contribution < 1.29 is 14.6 Å². The highest BCUT2D eigenvalue weighted by Crippen LogP contribution is 2.34. The molecule has 2 aromatic rings. The molecular weight excluding hydrogens is 352 g/mol. The first-order valence-electron chi connectivity index (χ1n) is 10.1. The predicted molar refractivity (Wildman–Crippen MR) is 110 cm³/mol. The molecule has 2 aromatic carbocycles. The number of fused-ring (bicyclic) bond motifs is 1. The highest BCUT2D eigenvalue weighted by atomic mass is 16.5. The largest absolute Gasteiger partial charge is 0.497 e. The van der Waals surface area contributed by atoms with Gasteiger partial charge in [-0.3, -0.25) is 9.69 Å². The zero-order chi connectivity index (χ0) is 19.6. The Kier molecular flexibility index (Phi) is 5.38. The first kappa shape index (κ1) is 19.0. The number of rotatable bonds is 4. The molecule has 2 aliphatic rings. The first-order valence-corrected chi connectivity index (χ1v) is 10.1. The van der Waals surface area contributed by atoms with Gasteiger partial charge in [0, 0.05) is 25.3 Å². The maximum atomic E-state index is 12.9. The standard InChI is InChI=1S/C23H28N2O3/c1-28-20-10-8-19(9-11-20)23(27)12-15-24(16-13-23)17-22(26)25-14-4-6-18-5-2-3-7-21(18)25/h2-3,5,7-11,27H,4,6,12-17H2,1H3. The van der Waals surface area contributed by atoms with E-state index in [2.05, 4.69) is 11.0 Å². The number of amides is 1. The second kappa shape index (κ2) is 7.94. The third kappa shape index (κ3) is 3.77. The van der Waals surface area contributed by atoms with Crippen molar-refractivity contribution in [2.75, 3.05) is 38.2 Å². The van der Waals surface area contributed by atoms with Crippen molar-refractivity contribution in [1.29, 1.82) is 0 Å². The maximum absolute atomic E-state index is 12.9. The second-order valence-electron chi connectivity index (χ2n) is 7.81. The average molecular weight is 380 g/mol. The van der Waals surface area contributed by atoms with Crippen LogP contribution in [0.25, 0.3) is 0 Å². The van der Waals surface area contributed by atoms with E-state index in [1.54, 1.807) is 7.11 Å². The topological polar surface area (TPSA) is 53.0 Å². The van der Waals surface area contributed by atoms with E-state index in [4.69, 9.17) is 4.74 Å². The van der Waals surface area contributed by atoms with Crippen molar-refractivity contribution in [2.24, 2.45) is 0 Å². The fourth-order valence-corrected chi connectivity index (χ4v) is 4.34. The minimum Gasteiger partial charge on any atom is -0.497 e. The molecule has 2 aliphatic heterocycles. The fourth-order valence-electron chi connectivity index (χ4n) is 4.34. The van der Waals surface area contributed by atoms with Crippen LogP contribution in [0.5, 0.6) is 5.75 Å². The normalized spacial score (nSPS) is 19.1. The molecule has 1 amide bonds. The monoisotopic (exact) mass is 380 g/mol. The van der Waals surface area contributed by atoms with Gasteiger partial charge in [0.15, 0.2) is 0 Å². The predicted octanol–water partition coefficient (Wildman–Crippen LogP) is 2.96. The Bertz CT molecular complexity index is 826. The van der Waals surface area contributed by atoms with E-state index in [1.165, 1.54) is 5.56 Å². The van der Waals surface area contributed by atoms with Crippen molar-refractivity contribution in [3.8, 4) is 5.75 Å². The number of benzene rings is 2. The van der Waals surface area contributed by atoms with E-state index in [1.807, 2.05) is 47.4 Å². The summed E-state index contributed by atoms with van der Waals surface area (Å²) in [4.78, 5) is 17.0. The lowest BCUT2D eigenvalue weighted by Gasteiger charge is -2.39. The lowest BCUT2D eigenvalue weighted by Crippen LogP contribution is -2.48. The van der Waals surface area contributed by atoms with Crippen LogP contribution in [0.1, 0.15) is 30.4 Å². The van der Waals surface area contributed by atoms with Gasteiger partial charge in [0.05, 0.1) is 19.3 Å². The van der Waals surface area contributed by atoms with Gasteiger partial charge in [-0.15, -0.1) is 0 Å². The number of methoxy groups -OCH3 is 1. The van der Waals surface area contributed by atoms with Crippen LogP contribution in [0.2, 0.25) is 0 Å². The van der Waals surface area contributed by atoms with Crippen molar-refractivity contribution in [3.63, 3.8) is 0 Å². The summed E-state index contributed by atoms with van der Waals surface area (Å²) < 4.78 is 5.20. The number of ether oxygens (including phenoxy) is 1. The number of carbonyl (C=O) groups is 1. The van der Waals surface area contributed by atoms with Crippen LogP contribution < -0.4 is 9.64 Å². The second-order valence-corrected chi connectivity index (χ2v) is 7.81. The zero-order valence-electron chi connectivity index (χ0n) is 16.4. The van der Waals surface area contributed by atoms with Crippen LogP contribution >= 0.6 is 0 Å². The Balaban J connectivity index is 1.37. The Hall–Kier alpha value is -2.37. The van der Waals surface area contributed by atoms with Gasteiger partial charge in [-0.05, 0) is 55.0 Å². The summed E-state index contributed by atoms with van der Waals surface area (Å²) in [5.41, 5.74) is 2.41. The Labute approximate surface area is 166 Å². The molecule has 4 rings (SSSR count). The van der Waals surface area contributed by atoms with Gasteiger partial charge in [-0.25, -0.2) is 0 Å². The van der Waals surface area contributed by atoms with E-state index in [0.29, 0.717) is 32.5 Å². The van der Waals surface area contributed by atoms with Crippen LogP contribution in [-0.4, -0.2) is 49.2 Å². The van der Waals surface area contributed by atoms with Crippen LogP contribution in [0.15, 0.2) is 48.5 Å². The Morgan fingerprint density at radius 3 is 2.50 bits per heavy atom. The molecule has 5 heteroatoms. The van der Waals surface area contributed by atoms with E-state index >= 15 is 0 Å². The van der Waals surface area contributed by atoms with Gasteiger partial charge in [-0.2, -0.15) is 0 Å². The van der Waals surface area contributed by atoms with Crippen LogP contribution in [-0.2, 0) is 16.8 Å². The Morgan fingerprint density at radius 1 is 1.07 bits per heavy atom. The number of likely N-dealkylation sites (tertiary alicyclic amines) is 1. The molecule has 28 heavy (non-hydrogen) atoms. The molecule has 1 saturated heterocycles. The summed E-state index contributed by atoms with van der Waals surface area (Å²) in [6.07, 6.45) is 3.31. The zero-order valence-corrected chi connectivity index (χ0v) is 16.4. The quantitative estimate of drug-likeness (QED) is 0.886. The fraction of sp³-hybridized carbons (Fsp3) is 0.435. The van der Waals surface area contributed by atoms with E-state index in [9.17, 15) is 9.90 Å². The van der Waals surface area contributed by atoms with E-state index < -0.39 is 5.60 Å². The number of anilines is 1. The summed E-state index contributed by atoms with van der Waals surface area (Å²) in [5.74, 6) is 0.944. The van der Waals surface area contributed by atoms with Gasteiger partial charge in [0.2, 0.25) is 5.91 Å². The first-order chi connectivity index (χ1) is 13.6. The van der Waals surface area contributed by atoms with Crippen molar-refractivity contribution in [3.05, 3.63) is 59.7 Å². The molecule has 0 unspecified atom stereocenters. The lowest BCUT2D eigenvalue weighted by molar-refractivity contribution is -0.121. The summed E-state index contributed by atoms with van der Waals surface area (Å²) in [7, 11) is 1.64. The highest BCUT2D eigenvalue weighted by molar-refractivity contribution is 5.95.